The molecule has 5 N–H and O–H groups in total. The SMILES string of the molecule is Nc1nc(NCCCc2[nH]cc(-c3ccc(Cl)cc3Cl)c2C(=O)O)ccc1[N+](=O)[O-]. The minimum Gasteiger partial charge on any atom is -0.478 e. The van der Waals surface area contributed by atoms with Gasteiger partial charge in [-0.15, -0.1) is 0 Å². The maximum Gasteiger partial charge on any atom is 0.338 e. The Kier molecular flexibility index (Phi) is 6.43. The summed E-state index contributed by atoms with van der Waals surface area (Å²) in [7, 11) is 0. The third kappa shape index (κ3) is 4.64. The second kappa shape index (κ2) is 9.02. The van der Waals surface area contributed by atoms with E-state index in [0.29, 0.717) is 52.1 Å². The largest absolute Gasteiger partial charge is 0.478 e. The molecule has 0 spiro atoms. The van der Waals surface area contributed by atoms with Gasteiger partial charge in [0.2, 0.25) is 5.82 Å². The van der Waals surface area contributed by atoms with Crippen molar-refractivity contribution in [3.8, 4) is 11.1 Å². The molecular formula is C19H17Cl2N5O4. The van der Waals surface area contributed by atoms with Crippen molar-refractivity contribution in [1.29, 1.82) is 0 Å². The van der Waals surface area contributed by atoms with Gasteiger partial charge in [0.25, 0.3) is 0 Å². The van der Waals surface area contributed by atoms with Gasteiger partial charge in [0.15, 0.2) is 0 Å². The van der Waals surface area contributed by atoms with Crippen LogP contribution in [0.2, 0.25) is 10.0 Å². The van der Waals surface area contributed by atoms with Crippen molar-refractivity contribution in [2.24, 2.45) is 0 Å². The van der Waals surface area contributed by atoms with Crippen LogP contribution in [-0.4, -0.2) is 32.5 Å². The number of aromatic amines is 1. The molecule has 0 bridgehead atoms. The number of pyridine rings is 1. The zero-order valence-corrected chi connectivity index (χ0v) is 17.0. The number of nitrogens with one attached hydrogen (secondary N) is 2. The summed E-state index contributed by atoms with van der Waals surface area (Å²) in [5, 5.41) is 24.3. The Balaban J connectivity index is 1.69. The van der Waals surface area contributed by atoms with E-state index >= 15 is 0 Å². The van der Waals surface area contributed by atoms with Crippen LogP contribution < -0.4 is 11.1 Å². The van der Waals surface area contributed by atoms with Crippen molar-refractivity contribution in [1.82, 2.24) is 9.97 Å². The van der Waals surface area contributed by atoms with Crippen LogP contribution in [0.3, 0.4) is 0 Å². The predicted octanol–water partition coefficient (Wildman–Crippen LogP) is 4.62. The number of nitro groups is 1. The number of carbonyl (C=O) groups is 1. The van der Waals surface area contributed by atoms with Crippen LogP contribution in [0.1, 0.15) is 22.5 Å². The molecule has 0 fully saturated rings. The lowest BCUT2D eigenvalue weighted by atomic mass is 10.0. The van der Waals surface area contributed by atoms with Gasteiger partial charge in [-0.2, -0.15) is 0 Å². The number of anilines is 2. The van der Waals surface area contributed by atoms with Gasteiger partial charge in [-0.1, -0.05) is 29.3 Å². The molecule has 0 atom stereocenters. The number of carboxylic acids is 1. The Labute approximate surface area is 181 Å². The lowest BCUT2D eigenvalue weighted by Gasteiger charge is -2.08. The van der Waals surface area contributed by atoms with E-state index in [0.717, 1.165) is 0 Å². The molecule has 1 aromatic carbocycles. The van der Waals surface area contributed by atoms with Gasteiger partial charge in [-0.05, 0) is 31.0 Å². The molecule has 0 aliphatic rings. The minimum absolute atomic E-state index is 0.150. The van der Waals surface area contributed by atoms with Gasteiger partial charge in [0.1, 0.15) is 5.82 Å². The third-order valence-corrected chi connectivity index (χ3v) is 4.95. The average molecular weight is 450 g/mol. The Morgan fingerprint density at radius 3 is 2.67 bits per heavy atom. The normalized spacial score (nSPS) is 10.7. The van der Waals surface area contributed by atoms with Crippen molar-refractivity contribution in [3.63, 3.8) is 0 Å². The summed E-state index contributed by atoms with van der Waals surface area (Å²) in [6.07, 6.45) is 2.63. The highest BCUT2D eigenvalue weighted by atomic mass is 35.5. The summed E-state index contributed by atoms with van der Waals surface area (Å²) in [5.74, 6) is -0.839. The van der Waals surface area contributed by atoms with Crippen molar-refractivity contribution >= 4 is 46.5 Å². The zero-order valence-electron chi connectivity index (χ0n) is 15.5. The molecule has 156 valence electrons. The van der Waals surface area contributed by atoms with E-state index in [4.69, 9.17) is 28.9 Å². The number of rotatable bonds is 8. The van der Waals surface area contributed by atoms with E-state index in [9.17, 15) is 20.0 Å². The van der Waals surface area contributed by atoms with Crippen LogP contribution in [0.25, 0.3) is 11.1 Å². The van der Waals surface area contributed by atoms with Crippen LogP contribution in [0, 0.1) is 10.1 Å². The van der Waals surface area contributed by atoms with Crippen molar-refractivity contribution < 1.29 is 14.8 Å². The first kappa shape index (κ1) is 21.4. The molecule has 2 heterocycles. The number of aromatic nitrogens is 2. The number of H-pyrrole nitrogens is 1. The number of nitrogens with zero attached hydrogens (tertiary/aromatic N) is 2. The van der Waals surface area contributed by atoms with Gasteiger partial charge < -0.3 is 21.1 Å². The molecule has 0 saturated heterocycles. The molecule has 3 aromatic rings. The van der Waals surface area contributed by atoms with E-state index in [2.05, 4.69) is 15.3 Å². The molecule has 0 saturated carbocycles. The van der Waals surface area contributed by atoms with E-state index in [-0.39, 0.29) is 17.1 Å². The quantitative estimate of drug-likeness (QED) is 0.222. The molecule has 0 aliphatic heterocycles. The van der Waals surface area contributed by atoms with Crippen LogP contribution in [0.5, 0.6) is 0 Å². The van der Waals surface area contributed by atoms with Gasteiger partial charge in [0, 0.05) is 45.7 Å². The molecule has 3 rings (SSSR count). The highest BCUT2D eigenvalue weighted by Crippen LogP contribution is 2.34. The highest BCUT2D eigenvalue weighted by Gasteiger charge is 2.20. The van der Waals surface area contributed by atoms with E-state index in [1.807, 2.05) is 0 Å². The smallest absolute Gasteiger partial charge is 0.338 e. The molecule has 9 nitrogen and oxygen atoms in total. The molecule has 0 amide bonds. The van der Waals surface area contributed by atoms with Crippen LogP contribution in [0.15, 0.2) is 36.5 Å². The van der Waals surface area contributed by atoms with Gasteiger partial charge in [-0.3, -0.25) is 10.1 Å². The molecule has 0 unspecified atom stereocenters. The van der Waals surface area contributed by atoms with Crippen molar-refractivity contribution in [2.75, 3.05) is 17.6 Å². The summed E-state index contributed by atoms with van der Waals surface area (Å²) in [4.78, 5) is 29.0. The molecule has 11 heteroatoms. The standard InChI is InChI=1S/C19H17Cl2N5O4/c20-10-3-4-11(13(21)8-10)12-9-24-14(17(12)19(27)28)2-1-7-23-16-6-5-15(26(29)30)18(22)25-16/h3-6,8-9,24H,1-2,7H2,(H,27,28)(H3,22,23,25). The van der Waals surface area contributed by atoms with Gasteiger partial charge in [0.05, 0.1) is 10.5 Å². The summed E-state index contributed by atoms with van der Waals surface area (Å²) in [6.45, 7) is 0.458. The topological polar surface area (TPSA) is 147 Å². The summed E-state index contributed by atoms with van der Waals surface area (Å²) < 4.78 is 0. The number of halogens is 2. The first-order chi connectivity index (χ1) is 14.3. The summed E-state index contributed by atoms with van der Waals surface area (Å²) >= 11 is 12.1. The summed E-state index contributed by atoms with van der Waals surface area (Å²) in [6, 6.07) is 7.63. The van der Waals surface area contributed by atoms with E-state index < -0.39 is 10.9 Å². The number of hydrogen-bond donors (Lipinski definition) is 4. The first-order valence-corrected chi connectivity index (χ1v) is 9.57. The fourth-order valence-electron chi connectivity index (χ4n) is 3.03. The Bertz CT molecular complexity index is 1120. The fourth-order valence-corrected chi connectivity index (χ4v) is 3.54. The van der Waals surface area contributed by atoms with E-state index in [1.165, 1.54) is 12.1 Å². The minimum atomic E-state index is -1.06. The maximum atomic E-state index is 11.9. The van der Waals surface area contributed by atoms with Crippen molar-refractivity contribution in [2.45, 2.75) is 12.8 Å². The van der Waals surface area contributed by atoms with Gasteiger partial charge in [-0.25, -0.2) is 9.78 Å². The van der Waals surface area contributed by atoms with Crippen LogP contribution in [0.4, 0.5) is 17.3 Å². The fraction of sp³-hybridized carbons (Fsp3) is 0.158. The second-order valence-electron chi connectivity index (χ2n) is 6.37. The zero-order chi connectivity index (χ0) is 21.8. The predicted molar refractivity (Wildman–Crippen MR) is 115 cm³/mol. The van der Waals surface area contributed by atoms with Crippen LogP contribution in [-0.2, 0) is 6.42 Å². The lowest BCUT2D eigenvalue weighted by molar-refractivity contribution is -0.384. The number of nitrogen functional groups attached to an aromatic ring is 1. The van der Waals surface area contributed by atoms with Gasteiger partial charge >= 0.3 is 11.7 Å². The monoisotopic (exact) mass is 449 g/mol. The van der Waals surface area contributed by atoms with E-state index in [1.54, 1.807) is 24.4 Å². The molecule has 30 heavy (non-hydrogen) atoms. The Hall–Kier alpha value is -3.30. The molecule has 2 aromatic heterocycles. The first-order valence-electron chi connectivity index (χ1n) is 8.81. The molecule has 0 aliphatic carbocycles. The third-order valence-electron chi connectivity index (χ3n) is 4.41. The number of carboxylic acid groups (broad SMARTS) is 1. The summed E-state index contributed by atoms with van der Waals surface area (Å²) in [5.41, 5.74) is 7.07. The van der Waals surface area contributed by atoms with Crippen LogP contribution >= 0.6 is 23.2 Å². The average Bonchev–Trinajstić information content (AvgIpc) is 3.09. The Morgan fingerprint density at radius 1 is 1.27 bits per heavy atom. The highest BCUT2D eigenvalue weighted by molar-refractivity contribution is 6.36. The number of aryl methyl sites for hydroxylation is 1. The lowest BCUT2D eigenvalue weighted by Crippen LogP contribution is -2.08. The Morgan fingerprint density at radius 2 is 2.03 bits per heavy atom. The molecule has 0 radical (unpaired) electrons. The molecular weight excluding hydrogens is 433 g/mol. The van der Waals surface area contributed by atoms with Crippen molar-refractivity contribution in [3.05, 3.63) is 67.9 Å². The number of hydrogen-bond acceptors (Lipinski definition) is 6. The maximum absolute atomic E-state index is 11.9. The number of nitrogens with two attached hydrogens (primary N) is 1. The second-order valence-corrected chi connectivity index (χ2v) is 7.22. The number of aromatic carboxylic acids is 1. The number of benzene rings is 1.